The second-order valence-corrected chi connectivity index (χ2v) is 5.72. The Labute approximate surface area is 118 Å². The third kappa shape index (κ3) is 4.45. The minimum atomic E-state index is -0.915. The molecule has 1 N–H and O–H groups in total. The number of aromatic nitrogens is 2. The smallest absolute Gasteiger partial charge is 0.303 e. The van der Waals surface area contributed by atoms with E-state index in [2.05, 4.69) is 5.10 Å². The molecule has 0 bridgehead atoms. The Bertz CT molecular complexity index is 529. The maximum Gasteiger partial charge on any atom is 0.303 e. The Morgan fingerprint density at radius 3 is 2.60 bits per heavy atom. The number of aliphatic carboxylic acids is 1. The number of carboxylic acids is 1. The Morgan fingerprint density at radius 2 is 2.10 bits per heavy atom. The molecule has 0 aromatic carbocycles. The van der Waals surface area contributed by atoms with Gasteiger partial charge in [-0.2, -0.15) is 5.10 Å². The van der Waals surface area contributed by atoms with Crippen LogP contribution in [0, 0.1) is 0 Å². The standard InChI is InChI=1S/C14H22N2O4/c1-14(2,3)11-9-10(5-6-12(17)18)13(19)16(15-11)7-8-20-4/h9H,5-8H2,1-4H3,(H,17,18). The molecule has 0 amide bonds. The van der Waals surface area contributed by atoms with Gasteiger partial charge in [-0.25, -0.2) is 4.68 Å². The molecule has 112 valence electrons. The van der Waals surface area contributed by atoms with Crippen LogP contribution in [0.25, 0.3) is 0 Å². The lowest BCUT2D eigenvalue weighted by molar-refractivity contribution is -0.136. The van der Waals surface area contributed by atoms with Crippen LogP contribution in [0.15, 0.2) is 10.9 Å². The monoisotopic (exact) mass is 282 g/mol. The lowest BCUT2D eigenvalue weighted by Gasteiger charge is -2.20. The normalized spacial score (nSPS) is 11.6. The molecule has 1 aromatic rings. The fourth-order valence-corrected chi connectivity index (χ4v) is 1.71. The second-order valence-electron chi connectivity index (χ2n) is 5.72. The molecule has 0 aliphatic carbocycles. The van der Waals surface area contributed by atoms with E-state index >= 15 is 0 Å². The highest BCUT2D eigenvalue weighted by atomic mass is 16.5. The molecular weight excluding hydrogens is 260 g/mol. The summed E-state index contributed by atoms with van der Waals surface area (Å²) in [5.41, 5.74) is 0.814. The van der Waals surface area contributed by atoms with Gasteiger partial charge in [-0.05, 0) is 12.5 Å². The van der Waals surface area contributed by atoms with Crippen molar-refractivity contribution in [2.75, 3.05) is 13.7 Å². The maximum atomic E-state index is 12.2. The van der Waals surface area contributed by atoms with Crippen LogP contribution in [0.1, 0.15) is 38.4 Å². The van der Waals surface area contributed by atoms with Crippen LogP contribution in [0.3, 0.4) is 0 Å². The van der Waals surface area contributed by atoms with Crippen molar-refractivity contribution in [3.63, 3.8) is 0 Å². The van der Waals surface area contributed by atoms with Gasteiger partial charge in [0.1, 0.15) is 0 Å². The molecule has 0 aliphatic heterocycles. The molecule has 0 spiro atoms. The first-order valence-electron chi connectivity index (χ1n) is 6.58. The van der Waals surface area contributed by atoms with Crippen molar-refractivity contribution < 1.29 is 14.6 Å². The molecule has 1 heterocycles. The van der Waals surface area contributed by atoms with Gasteiger partial charge in [0, 0.05) is 24.5 Å². The largest absolute Gasteiger partial charge is 0.481 e. The number of hydrogen-bond donors (Lipinski definition) is 1. The van der Waals surface area contributed by atoms with E-state index in [9.17, 15) is 9.59 Å². The second kappa shape index (κ2) is 6.65. The predicted octanol–water partition coefficient (Wildman–Crippen LogP) is 1.20. The zero-order valence-electron chi connectivity index (χ0n) is 12.5. The number of methoxy groups -OCH3 is 1. The zero-order valence-corrected chi connectivity index (χ0v) is 12.5. The zero-order chi connectivity index (χ0) is 15.3. The summed E-state index contributed by atoms with van der Waals surface area (Å²) in [6.07, 6.45) is 0.153. The average molecular weight is 282 g/mol. The maximum absolute atomic E-state index is 12.2. The van der Waals surface area contributed by atoms with E-state index in [1.54, 1.807) is 13.2 Å². The minimum absolute atomic E-state index is 0.0624. The van der Waals surface area contributed by atoms with Crippen LogP contribution in [0.5, 0.6) is 0 Å². The van der Waals surface area contributed by atoms with Crippen molar-refractivity contribution in [1.82, 2.24) is 9.78 Å². The Morgan fingerprint density at radius 1 is 1.45 bits per heavy atom. The van der Waals surface area contributed by atoms with Gasteiger partial charge in [-0.1, -0.05) is 20.8 Å². The summed E-state index contributed by atoms with van der Waals surface area (Å²) in [7, 11) is 1.56. The van der Waals surface area contributed by atoms with E-state index in [-0.39, 0.29) is 23.8 Å². The van der Waals surface area contributed by atoms with Crippen LogP contribution in [-0.4, -0.2) is 34.6 Å². The fraction of sp³-hybridized carbons (Fsp3) is 0.643. The van der Waals surface area contributed by atoms with Gasteiger partial charge < -0.3 is 9.84 Å². The molecule has 0 unspecified atom stereocenters. The van der Waals surface area contributed by atoms with E-state index < -0.39 is 5.97 Å². The Balaban J connectivity index is 3.20. The van der Waals surface area contributed by atoms with Crippen molar-refractivity contribution in [1.29, 1.82) is 0 Å². The molecule has 20 heavy (non-hydrogen) atoms. The van der Waals surface area contributed by atoms with E-state index in [1.165, 1.54) is 4.68 Å². The van der Waals surface area contributed by atoms with Crippen molar-refractivity contribution in [3.8, 4) is 0 Å². The number of rotatable bonds is 6. The van der Waals surface area contributed by atoms with Crippen LogP contribution < -0.4 is 5.56 Å². The highest BCUT2D eigenvalue weighted by Crippen LogP contribution is 2.19. The summed E-state index contributed by atoms with van der Waals surface area (Å²) in [6, 6.07) is 1.72. The summed E-state index contributed by atoms with van der Waals surface area (Å²) in [5, 5.41) is 13.1. The van der Waals surface area contributed by atoms with Crippen molar-refractivity contribution in [2.24, 2.45) is 0 Å². The van der Waals surface area contributed by atoms with E-state index in [1.807, 2.05) is 20.8 Å². The number of carbonyl (C=O) groups is 1. The van der Waals surface area contributed by atoms with Gasteiger partial charge in [-0.3, -0.25) is 9.59 Å². The molecule has 1 aromatic heterocycles. The average Bonchev–Trinajstić information content (AvgIpc) is 2.34. The third-order valence-electron chi connectivity index (χ3n) is 2.93. The number of ether oxygens (including phenoxy) is 1. The van der Waals surface area contributed by atoms with Gasteiger partial charge in [-0.15, -0.1) is 0 Å². The van der Waals surface area contributed by atoms with E-state index in [0.29, 0.717) is 18.7 Å². The van der Waals surface area contributed by atoms with Gasteiger partial charge >= 0.3 is 5.97 Å². The molecule has 0 radical (unpaired) electrons. The number of hydrogen-bond acceptors (Lipinski definition) is 4. The van der Waals surface area contributed by atoms with Crippen LogP contribution >= 0.6 is 0 Å². The van der Waals surface area contributed by atoms with Gasteiger partial charge in [0.2, 0.25) is 0 Å². The summed E-state index contributed by atoms with van der Waals surface area (Å²) in [5.74, 6) is -0.915. The Hall–Kier alpha value is -1.69. The van der Waals surface area contributed by atoms with Crippen LogP contribution in [0.2, 0.25) is 0 Å². The highest BCUT2D eigenvalue weighted by Gasteiger charge is 2.19. The van der Waals surface area contributed by atoms with Gasteiger partial charge in [0.05, 0.1) is 18.8 Å². The summed E-state index contributed by atoms with van der Waals surface area (Å²) in [6.45, 7) is 6.75. The van der Waals surface area contributed by atoms with Crippen molar-refractivity contribution in [3.05, 3.63) is 27.7 Å². The van der Waals surface area contributed by atoms with Crippen molar-refractivity contribution in [2.45, 2.75) is 45.6 Å². The first-order valence-corrected chi connectivity index (χ1v) is 6.58. The molecule has 0 saturated heterocycles. The molecule has 6 nitrogen and oxygen atoms in total. The summed E-state index contributed by atoms with van der Waals surface area (Å²) >= 11 is 0. The lowest BCUT2D eigenvalue weighted by atomic mass is 9.91. The molecule has 0 aliphatic rings. The molecule has 6 heteroatoms. The van der Waals surface area contributed by atoms with Crippen LogP contribution in [-0.2, 0) is 27.9 Å². The lowest BCUT2D eigenvalue weighted by Crippen LogP contribution is -2.31. The summed E-state index contributed by atoms with van der Waals surface area (Å²) < 4.78 is 6.33. The van der Waals surface area contributed by atoms with Gasteiger partial charge in [0.25, 0.3) is 5.56 Å². The molecule has 0 atom stereocenters. The quantitative estimate of drug-likeness (QED) is 0.848. The number of nitrogens with zero attached hydrogens (tertiary/aromatic N) is 2. The van der Waals surface area contributed by atoms with E-state index in [0.717, 1.165) is 5.69 Å². The molecule has 0 fully saturated rings. The molecule has 1 rings (SSSR count). The molecule has 0 saturated carbocycles. The van der Waals surface area contributed by atoms with Crippen LogP contribution in [0.4, 0.5) is 0 Å². The SMILES string of the molecule is COCCn1nc(C(C)(C)C)cc(CCC(=O)O)c1=O. The van der Waals surface area contributed by atoms with E-state index in [4.69, 9.17) is 9.84 Å². The summed E-state index contributed by atoms with van der Waals surface area (Å²) in [4.78, 5) is 22.9. The van der Waals surface area contributed by atoms with Gasteiger partial charge in [0.15, 0.2) is 0 Å². The highest BCUT2D eigenvalue weighted by molar-refractivity contribution is 5.67. The minimum Gasteiger partial charge on any atom is -0.481 e. The topological polar surface area (TPSA) is 81.4 Å². The predicted molar refractivity (Wildman–Crippen MR) is 75.0 cm³/mol. The number of aryl methyl sites for hydroxylation is 1. The van der Waals surface area contributed by atoms with Crippen molar-refractivity contribution >= 4 is 5.97 Å². The first kappa shape index (κ1) is 16.4. The molecular formula is C14H22N2O4. The number of carboxylic acid groups (broad SMARTS) is 1. The Kier molecular flexibility index (Phi) is 5.44. The fourth-order valence-electron chi connectivity index (χ4n) is 1.71. The third-order valence-corrected chi connectivity index (χ3v) is 2.93. The first-order chi connectivity index (χ1) is 9.25.